The molecule has 1 aliphatic rings. The van der Waals surface area contributed by atoms with Gasteiger partial charge in [0.2, 0.25) is 0 Å². The number of ketones is 1. The minimum Gasteiger partial charge on any atom is -0.299 e. The van der Waals surface area contributed by atoms with Crippen LogP contribution in [-0.2, 0) is 11.2 Å². The van der Waals surface area contributed by atoms with E-state index in [2.05, 4.69) is 25.9 Å². The molecule has 1 aliphatic carbocycles. The lowest BCUT2D eigenvalue weighted by atomic mass is 9.80. The Kier molecular flexibility index (Phi) is 4.20. The molecule has 18 heavy (non-hydrogen) atoms. The van der Waals surface area contributed by atoms with Crippen LogP contribution in [0.5, 0.6) is 0 Å². The summed E-state index contributed by atoms with van der Waals surface area (Å²) in [6.07, 6.45) is 7.04. The molecule has 0 radical (unpaired) electrons. The van der Waals surface area contributed by atoms with Gasteiger partial charge in [-0.1, -0.05) is 19.8 Å². The quantitative estimate of drug-likeness (QED) is 0.818. The highest BCUT2D eigenvalue weighted by atomic mass is 16.1. The van der Waals surface area contributed by atoms with Crippen LogP contribution in [0.1, 0.15) is 58.2 Å². The second-order valence-electron chi connectivity index (χ2n) is 5.98. The van der Waals surface area contributed by atoms with E-state index >= 15 is 0 Å². The van der Waals surface area contributed by atoms with E-state index in [1.807, 2.05) is 16.9 Å². The molecule has 1 saturated carbocycles. The molecule has 0 atom stereocenters. The van der Waals surface area contributed by atoms with Crippen LogP contribution in [0.4, 0.5) is 0 Å². The molecule has 1 fully saturated rings. The van der Waals surface area contributed by atoms with E-state index in [1.54, 1.807) is 0 Å². The zero-order valence-corrected chi connectivity index (χ0v) is 11.7. The molecule has 0 bridgehead atoms. The second-order valence-corrected chi connectivity index (χ2v) is 5.98. The van der Waals surface area contributed by atoms with Gasteiger partial charge in [-0.25, -0.2) is 0 Å². The van der Waals surface area contributed by atoms with Crippen LogP contribution in [0, 0.1) is 11.8 Å². The molecule has 2 rings (SSSR count). The van der Waals surface area contributed by atoms with Gasteiger partial charge in [0, 0.05) is 18.2 Å². The largest absolute Gasteiger partial charge is 0.299 e. The monoisotopic (exact) mass is 248 g/mol. The fourth-order valence-electron chi connectivity index (χ4n) is 2.66. The average molecular weight is 248 g/mol. The van der Waals surface area contributed by atoms with Crippen molar-refractivity contribution in [2.24, 2.45) is 11.8 Å². The van der Waals surface area contributed by atoms with Crippen molar-refractivity contribution in [3.05, 3.63) is 18.0 Å². The Morgan fingerprint density at radius 3 is 2.61 bits per heavy atom. The standard InChI is InChI=1S/C15H24N2O/c1-11(2)17-9-8-14(16-17)10-15(18)13-6-4-12(3)5-7-13/h8-9,11-13H,4-7,10H2,1-3H3. The van der Waals surface area contributed by atoms with Crippen LogP contribution in [0.2, 0.25) is 0 Å². The molecule has 1 aromatic rings. The molecule has 0 unspecified atom stereocenters. The summed E-state index contributed by atoms with van der Waals surface area (Å²) >= 11 is 0. The maximum absolute atomic E-state index is 12.2. The zero-order valence-electron chi connectivity index (χ0n) is 11.7. The van der Waals surface area contributed by atoms with Crippen molar-refractivity contribution in [3.8, 4) is 0 Å². The maximum atomic E-state index is 12.2. The average Bonchev–Trinajstić information content (AvgIpc) is 2.78. The Morgan fingerprint density at radius 1 is 1.39 bits per heavy atom. The van der Waals surface area contributed by atoms with Crippen LogP contribution < -0.4 is 0 Å². The number of nitrogens with zero attached hydrogens (tertiary/aromatic N) is 2. The lowest BCUT2D eigenvalue weighted by Crippen LogP contribution is -2.22. The third-order valence-electron chi connectivity index (χ3n) is 4.02. The topological polar surface area (TPSA) is 34.9 Å². The van der Waals surface area contributed by atoms with Gasteiger partial charge in [0.15, 0.2) is 0 Å². The van der Waals surface area contributed by atoms with Crippen molar-refractivity contribution in [1.29, 1.82) is 0 Å². The molecule has 0 saturated heterocycles. The van der Waals surface area contributed by atoms with E-state index in [9.17, 15) is 4.79 Å². The zero-order chi connectivity index (χ0) is 13.1. The van der Waals surface area contributed by atoms with Crippen molar-refractivity contribution >= 4 is 5.78 Å². The summed E-state index contributed by atoms with van der Waals surface area (Å²) in [6, 6.07) is 2.34. The molecule has 3 heteroatoms. The van der Waals surface area contributed by atoms with E-state index in [-0.39, 0.29) is 5.92 Å². The fourth-order valence-corrected chi connectivity index (χ4v) is 2.66. The Bertz CT molecular complexity index is 400. The van der Waals surface area contributed by atoms with Gasteiger partial charge in [-0.05, 0) is 38.7 Å². The molecule has 100 valence electrons. The number of rotatable bonds is 4. The predicted octanol–water partition coefficient (Wildman–Crippen LogP) is 3.40. The molecule has 0 spiro atoms. The summed E-state index contributed by atoms with van der Waals surface area (Å²) in [7, 11) is 0. The number of hydrogen-bond acceptors (Lipinski definition) is 2. The Balaban J connectivity index is 1.90. The first kappa shape index (κ1) is 13.3. The lowest BCUT2D eigenvalue weighted by molar-refractivity contribution is -0.123. The van der Waals surface area contributed by atoms with Gasteiger partial charge in [-0.15, -0.1) is 0 Å². The highest BCUT2D eigenvalue weighted by Crippen LogP contribution is 2.29. The summed E-state index contributed by atoms with van der Waals surface area (Å²) in [5.41, 5.74) is 0.923. The molecule has 0 amide bonds. The van der Waals surface area contributed by atoms with Gasteiger partial charge in [0.25, 0.3) is 0 Å². The van der Waals surface area contributed by atoms with Crippen molar-refractivity contribution in [2.75, 3.05) is 0 Å². The number of aromatic nitrogens is 2. The molecule has 1 aromatic heterocycles. The normalized spacial score (nSPS) is 24.4. The van der Waals surface area contributed by atoms with Crippen molar-refractivity contribution in [1.82, 2.24) is 9.78 Å². The maximum Gasteiger partial charge on any atom is 0.141 e. The Morgan fingerprint density at radius 2 is 2.06 bits per heavy atom. The van der Waals surface area contributed by atoms with Gasteiger partial charge in [-0.3, -0.25) is 9.48 Å². The number of carbonyl (C=O) groups is 1. The smallest absolute Gasteiger partial charge is 0.141 e. The van der Waals surface area contributed by atoms with Gasteiger partial charge in [0.1, 0.15) is 5.78 Å². The molecular formula is C15H24N2O. The van der Waals surface area contributed by atoms with Crippen LogP contribution in [0.15, 0.2) is 12.3 Å². The summed E-state index contributed by atoms with van der Waals surface area (Å²) < 4.78 is 1.92. The first-order valence-corrected chi connectivity index (χ1v) is 7.13. The first-order chi connectivity index (χ1) is 8.56. The highest BCUT2D eigenvalue weighted by Gasteiger charge is 2.24. The third kappa shape index (κ3) is 3.21. The summed E-state index contributed by atoms with van der Waals surface area (Å²) in [5, 5.41) is 4.46. The second kappa shape index (κ2) is 5.68. The van der Waals surface area contributed by atoms with Crippen LogP contribution in [-0.4, -0.2) is 15.6 Å². The van der Waals surface area contributed by atoms with E-state index in [0.717, 1.165) is 24.5 Å². The predicted molar refractivity (Wildman–Crippen MR) is 72.4 cm³/mol. The van der Waals surface area contributed by atoms with Gasteiger partial charge < -0.3 is 0 Å². The minimum absolute atomic E-state index is 0.283. The van der Waals surface area contributed by atoms with Crippen molar-refractivity contribution in [2.45, 2.75) is 58.9 Å². The first-order valence-electron chi connectivity index (χ1n) is 7.13. The summed E-state index contributed by atoms with van der Waals surface area (Å²) in [4.78, 5) is 12.2. The number of carbonyl (C=O) groups excluding carboxylic acids is 1. The van der Waals surface area contributed by atoms with E-state index in [0.29, 0.717) is 18.2 Å². The Labute approximate surface area is 110 Å². The highest BCUT2D eigenvalue weighted by molar-refractivity contribution is 5.82. The lowest BCUT2D eigenvalue weighted by Gasteiger charge is -2.24. The Hall–Kier alpha value is -1.12. The van der Waals surface area contributed by atoms with E-state index in [4.69, 9.17) is 0 Å². The van der Waals surface area contributed by atoms with Gasteiger partial charge >= 0.3 is 0 Å². The molecule has 0 aromatic carbocycles. The molecule has 0 aliphatic heterocycles. The summed E-state index contributed by atoms with van der Waals surface area (Å²) in [6.45, 7) is 6.48. The van der Waals surface area contributed by atoms with E-state index in [1.165, 1.54) is 12.8 Å². The van der Waals surface area contributed by atoms with Crippen molar-refractivity contribution in [3.63, 3.8) is 0 Å². The molecule has 0 N–H and O–H groups in total. The van der Waals surface area contributed by atoms with Crippen molar-refractivity contribution < 1.29 is 4.79 Å². The summed E-state index contributed by atoms with van der Waals surface area (Å²) in [5.74, 6) is 1.47. The van der Waals surface area contributed by atoms with E-state index < -0.39 is 0 Å². The minimum atomic E-state index is 0.283. The molecule has 1 heterocycles. The molecular weight excluding hydrogens is 224 g/mol. The van der Waals surface area contributed by atoms with Crippen LogP contribution in [0.25, 0.3) is 0 Å². The fraction of sp³-hybridized carbons (Fsp3) is 0.733. The third-order valence-corrected chi connectivity index (χ3v) is 4.02. The van der Waals surface area contributed by atoms with Gasteiger partial charge in [0.05, 0.1) is 12.1 Å². The number of hydrogen-bond donors (Lipinski definition) is 0. The van der Waals surface area contributed by atoms with Gasteiger partial charge in [-0.2, -0.15) is 5.10 Å². The molecule has 3 nitrogen and oxygen atoms in total. The SMILES string of the molecule is CC1CCC(C(=O)Cc2ccn(C(C)C)n2)CC1. The number of Topliss-reactive ketones (excluding diaryl/α,β-unsaturated/α-hetero) is 1. The van der Waals surface area contributed by atoms with Crippen LogP contribution >= 0.6 is 0 Å². The van der Waals surface area contributed by atoms with Crippen LogP contribution in [0.3, 0.4) is 0 Å².